The predicted octanol–water partition coefficient (Wildman–Crippen LogP) is 0.415. The second-order valence-electron chi connectivity index (χ2n) is 4.51. The number of rotatable bonds is 3. The van der Waals surface area contributed by atoms with E-state index in [1.165, 1.54) is 0 Å². The Morgan fingerprint density at radius 1 is 1.44 bits per heavy atom. The predicted molar refractivity (Wildman–Crippen MR) is 53.9 cm³/mol. The minimum atomic E-state index is -1.16. The van der Waals surface area contributed by atoms with Crippen molar-refractivity contribution in [2.24, 2.45) is 0 Å². The SMILES string of the molecule is CC(C)(C)OC(CO)C1OC(=O)C(O)=C1O. The fourth-order valence-corrected chi connectivity index (χ4v) is 1.37. The van der Waals surface area contributed by atoms with Crippen LogP contribution in [0.5, 0.6) is 0 Å². The van der Waals surface area contributed by atoms with Crippen molar-refractivity contribution in [3.05, 3.63) is 11.5 Å². The van der Waals surface area contributed by atoms with Gasteiger partial charge in [0.15, 0.2) is 11.9 Å². The highest BCUT2D eigenvalue weighted by Crippen LogP contribution is 2.25. The molecule has 6 heteroatoms. The van der Waals surface area contributed by atoms with Crippen molar-refractivity contribution in [3.8, 4) is 0 Å². The van der Waals surface area contributed by atoms with Crippen LogP contribution in [0.2, 0.25) is 0 Å². The lowest BCUT2D eigenvalue weighted by atomic mass is 10.1. The molecule has 16 heavy (non-hydrogen) atoms. The van der Waals surface area contributed by atoms with E-state index in [4.69, 9.17) is 14.9 Å². The molecule has 92 valence electrons. The zero-order valence-electron chi connectivity index (χ0n) is 9.43. The van der Waals surface area contributed by atoms with Gasteiger partial charge in [0.25, 0.3) is 0 Å². The zero-order chi connectivity index (χ0) is 12.5. The number of ether oxygens (including phenoxy) is 2. The Kier molecular flexibility index (Phi) is 3.44. The van der Waals surface area contributed by atoms with Crippen molar-refractivity contribution in [3.63, 3.8) is 0 Å². The second kappa shape index (κ2) is 4.31. The summed E-state index contributed by atoms with van der Waals surface area (Å²) in [6.45, 7) is 4.83. The van der Waals surface area contributed by atoms with E-state index >= 15 is 0 Å². The van der Waals surface area contributed by atoms with Crippen LogP contribution in [0.25, 0.3) is 0 Å². The molecule has 0 bridgehead atoms. The molecule has 1 aliphatic rings. The molecule has 3 N–H and O–H groups in total. The number of carbonyl (C=O) groups excluding carboxylic acids is 1. The average Bonchev–Trinajstić information content (AvgIpc) is 2.41. The van der Waals surface area contributed by atoms with Crippen LogP contribution in [0.3, 0.4) is 0 Å². The third kappa shape index (κ3) is 2.65. The fourth-order valence-electron chi connectivity index (χ4n) is 1.37. The molecule has 1 rings (SSSR count). The third-order valence-corrected chi connectivity index (χ3v) is 1.96. The third-order valence-electron chi connectivity index (χ3n) is 1.96. The Bertz CT molecular complexity index is 314. The summed E-state index contributed by atoms with van der Waals surface area (Å²) in [6, 6.07) is 0. The van der Waals surface area contributed by atoms with E-state index in [-0.39, 0.29) is 0 Å². The maximum Gasteiger partial charge on any atom is 0.377 e. The van der Waals surface area contributed by atoms with Gasteiger partial charge in [-0.2, -0.15) is 0 Å². The number of aliphatic hydroxyl groups is 3. The van der Waals surface area contributed by atoms with Crippen molar-refractivity contribution in [2.75, 3.05) is 6.61 Å². The summed E-state index contributed by atoms with van der Waals surface area (Å²) in [6.07, 6.45) is -2.06. The largest absolute Gasteiger partial charge is 0.505 e. The summed E-state index contributed by atoms with van der Waals surface area (Å²) >= 11 is 0. The van der Waals surface area contributed by atoms with Crippen LogP contribution in [0.15, 0.2) is 11.5 Å². The molecule has 0 aromatic heterocycles. The lowest BCUT2D eigenvalue weighted by molar-refractivity contribution is -0.161. The van der Waals surface area contributed by atoms with Gasteiger partial charge in [0, 0.05) is 0 Å². The Morgan fingerprint density at radius 2 is 2.00 bits per heavy atom. The van der Waals surface area contributed by atoms with Gasteiger partial charge >= 0.3 is 5.97 Å². The molecule has 2 unspecified atom stereocenters. The molecule has 6 nitrogen and oxygen atoms in total. The number of carbonyl (C=O) groups is 1. The van der Waals surface area contributed by atoms with Crippen LogP contribution in [-0.2, 0) is 14.3 Å². The number of aliphatic hydroxyl groups excluding tert-OH is 3. The first-order chi connectivity index (χ1) is 7.26. The van der Waals surface area contributed by atoms with Crippen molar-refractivity contribution in [2.45, 2.75) is 38.6 Å². The molecule has 0 aromatic rings. The van der Waals surface area contributed by atoms with Gasteiger partial charge in [0.2, 0.25) is 5.76 Å². The number of esters is 1. The molecule has 1 heterocycles. The molecule has 0 saturated heterocycles. The first-order valence-electron chi connectivity index (χ1n) is 4.88. The summed E-state index contributed by atoms with van der Waals surface area (Å²) in [5, 5.41) is 27.6. The topological polar surface area (TPSA) is 96.2 Å². The number of cyclic esters (lactones) is 1. The first kappa shape index (κ1) is 12.8. The normalized spacial score (nSPS) is 23.5. The molecule has 0 radical (unpaired) electrons. The van der Waals surface area contributed by atoms with Gasteiger partial charge in [-0.05, 0) is 20.8 Å². The van der Waals surface area contributed by atoms with Gasteiger partial charge in [0.1, 0.15) is 6.10 Å². The quantitative estimate of drug-likeness (QED) is 0.610. The fraction of sp³-hybridized carbons (Fsp3) is 0.700. The smallest absolute Gasteiger partial charge is 0.377 e. The Labute approximate surface area is 93.1 Å². The van der Waals surface area contributed by atoms with E-state index in [2.05, 4.69) is 4.74 Å². The lowest BCUT2D eigenvalue weighted by Crippen LogP contribution is -2.40. The molecule has 0 fully saturated rings. The lowest BCUT2D eigenvalue weighted by Gasteiger charge is -2.29. The molecule has 0 amide bonds. The molecule has 0 saturated carbocycles. The van der Waals surface area contributed by atoms with E-state index in [0.717, 1.165) is 0 Å². The monoisotopic (exact) mass is 232 g/mol. The molecule has 0 aromatic carbocycles. The summed E-state index contributed by atoms with van der Waals surface area (Å²) in [5.41, 5.74) is -0.571. The summed E-state index contributed by atoms with van der Waals surface area (Å²) in [7, 11) is 0. The van der Waals surface area contributed by atoms with Crippen molar-refractivity contribution >= 4 is 5.97 Å². The van der Waals surface area contributed by atoms with Gasteiger partial charge in [-0.15, -0.1) is 0 Å². The van der Waals surface area contributed by atoms with Gasteiger partial charge in [-0.25, -0.2) is 4.79 Å². The van der Waals surface area contributed by atoms with Crippen LogP contribution in [0.1, 0.15) is 20.8 Å². The standard InChI is InChI=1S/C10H16O6/c1-10(2,3)16-5(4-11)8-6(12)7(13)9(14)15-8/h5,8,11-13H,4H2,1-3H3. The molecule has 2 atom stereocenters. The van der Waals surface area contributed by atoms with Crippen molar-refractivity contribution in [1.29, 1.82) is 0 Å². The first-order valence-corrected chi connectivity index (χ1v) is 4.88. The number of hydrogen-bond acceptors (Lipinski definition) is 6. The summed E-state index contributed by atoms with van der Waals surface area (Å²) in [5.74, 6) is -2.45. The Hall–Kier alpha value is -1.27. The van der Waals surface area contributed by atoms with E-state index in [0.29, 0.717) is 0 Å². The highest BCUT2D eigenvalue weighted by Gasteiger charge is 2.41. The summed E-state index contributed by atoms with van der Waals surface area (Å²) in [4.78, 5) is 11.0. The van der Waals surface area contributed by atoms with Gasteiger partial charge in [0.05, 0.1) is 12.2 Å². The summed E-state index contributed by atoms with van der Waals surface area (Å²) < 4.78 is 10.1. The molecule has 0 aliphatic carbocycles. The average molecular weight is 232 g/mol. The number of hydrogen-bond donors (Lipinski definition) is 3. The second-order valence-corrected chi connectivity index (χ2v) is 4.51. The maximum absolute atomic E-state index is 11.0. The van der Waals surface area contributed by atoms with E-state index in [1.807, 2.05) is 0 Å². The minimum absolute atomic E-state index is 0.438. The van der Waals surface area contributed by atoms with Gasteiger partial charge < -0.3 is 24.8 Å². The van der Waals surface area contributed by atoms with Crippen LogP contribution in [0.4, 0.5) is 0 Å². The van der Waals surface area contributed by atoms with Gasteiger partial charge in [-0.3, -0.25) is 0 Å². The van der Waals surface area contributed by atoms with Gasteiger partial charge in [-0.1, -0.05) is 0 Å². The molecular formula is C10H16O6. The molecule has 1 aliphatic heterocycles. The van der Waals surface area contributed by atoms with Crippen LogP contribution in [0, 0.1) is 0 Å². The Balaban J connectivity index is 2.80. The van der Waals surface area contributed by atoms with Crippen molar-refractivity contribution < 1.29 is 29.6 Å². The maximum atomic E-state index is 11.0. The van der Waals surface area contributed by atoms with Crippen molar-refractivity contribution in [1.82, 2.24) is 0 Å². The minimum Gasteiger partial charge on any atom is -0.505 e. The zero-order valence-corrected chi connectivity index (χ0v) is 9.43. The molecular weight excluding hydrogens is 216 g/mol. The molecule has 0 spiro atoms. The van der Waals surface area contributed by atoms with Crippen LogP contribution < -0.4 is 0 Å². The highest BCUT2D eigenvalue weighted by molar-refractivity contribution is 5.89. The van der Waals surface area contributed by atoms with Crippen LogP contribution >= 0.6 is 0 Å². The van der Waals surface area contributed by atoms with E-state index in [1.54, 1.807) is 20.8 Å². The Morgan fingerprint density at radius 3 is 2.31 bits per heavy atom. The van der Waals surface area contributed by atoms with E-state index < -0.39 is 41.9 Å². The highest BCUT2D eigenvalue weighted by atomic mass is 16.6. The van der Waals surface area contributed by atoms with Crippen LogP contribution in [-0.4, -0.2) is 45.7 Å². The van der Waals surface area contributed by atoms with E-state index in [9.17, 15) is 9.90 Å².